The normalized spacial score (nSPS) is 16.0. The van der Waals surface area contributed by atoms with Gasteiger partial charge < -0.3 is 15.8 Å². The summed E-state index contributed by atoms with van der Waals surface area (Å²) in [7, 11) is 1.58. The molecule has 28 heavy (non-hydrogen) atoms. The highest BCUT2D eigenvalue weighted by molar-refractivity contribution is 7.22. The molecule has 0 radical (unpaired) electrons. The highest BCUT2D eigenvalue weighted by Gasteiger charge is 2.28. The average molecular weight is 435 g/mol. The summed E-state index contributed by atoms with van der Waals surface area (Å²) in [6.45, 7) is 2.19. The summed E-state index contributed by atoms with van der Waals surface area (Å²) in [5, 5.41) is 4.55. The smallest absolute Gasteiger partial charge is 0.267 e. The molecule has 1 unspecified atom stereocenters. The number of primary amides is 1. The number of carbonyl (C=O) groups excluding carboxylic acids is 2. The van der Waals surface area contributed by atoms with Gasteiger partial charge in [-0.3, -0.25) is 9.59 Å². The third-order valence-electron chi connectivity index (χ3n) is 5.03. The quantitative estimate of drug-likeness (QED) is 0.599. The molecular weight excluding hydrogens is 416 g/mol. The molecule has 3 aromatic rings. The van der Waals surface area contributed by atoms with Crippen molar-refractivity contribution < 1.29 is 14.3 Å². The summed E-state index contributed by atoms with van der Waals surface area (Å²) in [6, 6.07) is 5.52. The van der Waals surface area contributed by atoms with Crippen LogP contribution in [0.4, 0.5) is 5.00 Å². The summed E-state index contributed by atoms with van der Waals surface area (Å²) < 4.78 is 6.13. The fraction of sp³-hybridized carbons (Fsp3) is 0.300. The minimum absolute atomic E-state index is 0.334. The van der Waals surface area contributed by atoms with Gasteiger partial charge >= 0.3 is 0 Å². The third kappa shape index (κ3) is 3.27. The lowest BCUT2D eigenvalue weighted by Crippen LogP contribution is -2.19. The van der Waals surface area contributed by atoms with Crippen molar-refractivity contribution in [3.8, 4) is 5.75 Å². The minimum Gasteiger partial charge on any atom is -0.497 e. The van der Waals surface area contributed by atoms with Crippen LogP contribution in [0.1, 0.15) is 43.8 Å². The van der Waals surface area contributed by atoms with E-state index < -0.39 is 5.91 Å². The van der Waals surface area contributed by atoms with Gasteiger partial charge in [-0.2, -0.15) is 0 Å². The van der Waals surface area contributed by atoms with Crippen molar-refractivity contribution in [3.63, 3.8) is 0 Å². The van der Waals surface area contributed by atoms with E-state index in [2.05, 4.69) is 12.2 Å². The van der Waals surface area contributed by atoms with Gasteiger partial charge in [0.2, 0.25) is 0 Å². The molecule has 3 N–H and O–H groups in total. The summed E-state index contributed by atoms with van der Waals surface area (Å²) in [5.74, 6) is 0.395. The molecule has 8 heteroatoms. The fourth-order valence-corrected chi connectivity index (χ4v) is 6.37. The van der Waals surface area contributed by atoms with Crippen LogP contribution in [0.15, 0.2) is 18.2 Å². The van der Waals surface area contributed by atoms with E-state index in [4.69, 9.17) is 22.1 Å². The predicted octanol–water partition coefficient (Wildman–Crippen LogP) is 5.10. The molecule has 0 saturated carbocycles. The molecule has 0 aliphatic heterocycles. The van der Waals surface area contributed by atoms with Crippen LogP contribution in [0.3, 0.4) is 0 Å². The van der Waals surface area contributed by atoms with Crippen LogP contribution in [0.25, 0.3) is 10.1 Å². The Kier molecular flexibility index (Phi) is 5.07. The van der Waals surface area contributed by atoms with E-state index in [0.29, 0.717) is 32.1 Å². The van der Waals surface area contributed by atoms with Crippen molar-refractivity contribution in [2.45, 2.75) is 26.2 Å². The van der Waals surface area contributed by atoms with Gasteiger partial charge in [-0.05, 0) is 48.9 Å². The zero-order valence-electron chi connectivity index (χ0n) is 15.4. The maximum atomic E-state index is 12.9. The van der Waals surface area contributed by atoms with Gasteiger partial charge in [0.1, 0.15) is 15.6 Å². The SMILES string of the molecule is COc1ccc2sc(C(=O)Nc3sc4c(c3C(N)=O)CCC(C)C4)c(Cl)c2c1. The second-order valence-electron chi connectivity index (χ2n) is 6.98. The highest BCUT2D eigenvalue weighted by Crippen LogP contribution is 2.41. The molecule has 4 rings (SSSR count). The first-order valence-electron chi connectivity index (χ1n) is 8.90. The molecule has 146 valence electrons. The number of carbonyl (C=O) groups is 2. The van der Waals surface area contributed by atoms with Crippen molar-refractivity contribution in [3.05, 3.63) is 44.1 Å². The summed E-state index contributed by atoms with van der Waals surface area (Å²) in [5.41, 5.74) is 7.06. The van der Waals surface area contributed by atoms with E-state index in [0.717, 1.165) is 39.8 Å². The molecule has 0 spiro atoms. The molecule has 1 aliphatic carbocycles. The lowest BCUT2D eigenvalue weighted by atomic mass is 9.88. The topological polar surface area (TPSA) is 81.4 Å². The molecular formula is C20H19ClN2O3S2. The van der Waals surface area contributed by atoms with E-state index in [-0.39, 0.29) is 5.91 Å². The van der Waals surface area contributed by atoms with Crippen LogP contribution in [0.5, 0.6) is 5.75 Å². The number of hydrogen-bond donors (Lipinski definition) is 2. The van der Waals surface area contributed by atoms with Crippen LogP contribution >= 0.6 is 34.3 Å². The molecule has 0 saturated heterocycles. The number of methoxy groups -OCH3 is 1. The molecule has 2 heterocycles. The van der Waals surface area contributed by atoms with E-state index in [1.807, 2.05) is 18.2 Å². The number of ether oxygens (including phenoxy) is 1. The monoisotopic (exact) mass is 434 g/mol. The van der Waals surface area contributed by atoms with Crippen LogP contribution < -0.4 is 15.8 Å². The van der Waals surface area contributed by atoms with Crippen molar-refractivity contribution >= 4 is 61.2 Å². The average Bonchev–Trinajstić information content (AvgIpc) is 3.18. The van der Waals surface area contributed by atoms with E-state index in [1.165, 1.54) is 22.7 Å². The number of nitrogens with two attached hydrogens (primary N) is 1. The van der Waals surface area contributed by atoms with Gasteiger partial charge in [-0.1, -0.05) is 18.5 Å². The lowest BCUT2D eigenvalue weighted by Gasteiger charge is -2.18. The number of anilines is 1. The predicted molar refractivity (Wildman–Crippen MR) is 115 cm³/mol. The number of amides is 2. The largest absolute Gasteiger partial charge is 0.497 e. The van der Waals surface area contributed by atoms with Crippen LogP contribution in [-0.4, -0.2) is 18.9 Å². The standard InChI is InChI=1S/C20H19ClN2O3S2/c1-9-3-5-11-14(7-9)28-20(15(11)18(22)24)23-19(25)17-16(21)12-8-10(26-2)4-6-13(12)27-17/h4,6,8-9H,3,5,7H2,1-2H3,(H2,22,24)(H,23,25). The van der Waals surface area contributed by atoms with Crippen molar-refractivity contribution in [1.29, 1.82) is 0 Å². The van der Waals surface area contributed by atoms with Crippen molar-refractivity contribution in [1.82, 2.24) is 0 Å². The van der Waals surface area contributed by atoms with Gasteiger partial charge in [-0.25, -0.2) is 0 Å². The highest BCUT2D eigenvalue weighted by atomic mass is 35.5. The number of hydrogen-bond acceptors (Lipinski definition) is 5. The van der Waals surface area contributed by atoms with Crippen molar-refractivity contribution in [2.24, 2.45) is 11.7 Å². The second kappa shape index (κ2) is 7.39. The minimum atomic E-state index is -0.505. The van der Waals surface area contributed by atoms with Gasteiger partial charge in [0.25, 0.3) is 11.8 Å². The molecule has 1 aliphatic rings. The van der Waals surface area contributed by atoms with E-state index in [9.17, 15) is 9.59 Å². The third-order valence-corrected chi connectivity index (χ3v) is 7.87. The summed E-state index contributed by atoms with van der Waals surface area (Å²) in [6.07, 6.45) is 2.73. The molecule has 5 nitrogen and oxygen atoms in total. The first-order valence-corrected chi connectivity index (χ1v) is 10.9. The van der Waals surface area contributed by atoms with Gasteiger partial charge in [0.05, 0.1) is 17.7 Å². The Morgan fingerprint density at radius 1 is 1.32 bits per heavy atom. The van der Waals surface area contributed by atoms with Gasteiger partial charge in [0.15, 0.2) is 0 Å². The molecule has 2 aromatic heterocycles. The summed E-state index contributed by atoms with van der Waals surface area (Å²) >= 11 is 9.23. The molecule has 2 amide bonds. The Morgan fingerprint density at radius 2 is 2.11 bits per heavy atom. The van der Waals surface area contributed by atoms with Gasteiger partial charge in [-0.15, -0.1) is 22.7 Å². The molecule has 0 fully saturated rings. The number of nitrogens with one attached hydrogen (secondary N) is 1. The Balaban J connectivity index is 1.70. The molecule has 1 atom stereocenters. The van der Waals surface area contributed by atoms with Crippen molar-refractivity contribution in [2.75, 3.05) is 12.4 Å². The first kappa shape index (κ1) is 19.2. The molecule has 1 aromatic carbocycles. The number of benzene rings is 1. The number of rotatable bonds is 4. The zero-order chi connectivity index (χ0) is 20.0. The maximum Gasteiger partial charge on any atom is 0.267 e. The first-order chi connectivity index (χ1) is 13.4. The Hall–Kier alpha value is -2.09. The number of fused-ring (bicyclic) bond motifs is 2. The second-order valence-corrected chi connectivity index (χ2v) is 9.52. The lowest BCUT2D eigenvalue weighted by molar-refractivity contribution is 0.1000. The zero-order valence-corrected chi connectivity index (χ0v) is 17.8. The maximum absolute atomic E-state index is 12.9. The summed E-state index contributed by atoms with van der Waals surface area (Å²) in [4.78, 5) is 26.6. The van der Waals surface area contributed by atoms with Gasteiger partial charge in [0, 0.05) is 15.0 Å². The number of halogens is 1. The Labute approximate surface area is 175 Å². The Bertz CT molecular complexity index is 1100. The van der Waals surface area contributed by atoms with E-state index >= 15 is 0 Å². The van der Waals surface area contributed by atoms with Crippen LogP contribution in [-0.2, 0) is 12.8 Å². The van der Waals surface area contributed by atoms with Crippen LogP contribution in [0.2, 0.25) is 5.02 Å². The number of thiophene rings is 2. The molecule has 0 bridgehead atoms. The van der Waals surface area contributed by atoms with Crippen LogP contribution in [0, 0.1) is 5.92 Å². The fourth-order valence-electron chi connectivity index (χ4n) is 3.58. The Morgan fingerprint density at radius 3 is 2.82 bits per heavy atom. The van der Waals surface area contributed by atoms with E-state index in [1.54, 1.807) is 7.11 Å².